The molecule has 14 heavy (non-hydrogen) atoms. The summed E-state index contributed by atoms with van der Waals surface area (Å²) in [5, 5.41) is 0. The first-order valence-corrected chi connectivity index (χ1v) is 5.04. The van der Waals surface area contributed by atoms with Crippen molar-refractivity contribution in [2.45, 2.75) is 40.5 Å². The van der Waals surface area contributed by atoms with E-state index in [1.807, 2.05) is 13.0 Å². The predicted octanol–water partition coefficient (Wildman–Crippen LogP) is 3.24. The molecule has 0 spiro atoms. The molecule has 0 unspecified atom stereocenters. The number of carbonyl (C=O) groups excluding carboxylic acids is 1. The highest BCUT2D eigenvalue weighted by molar-refractivity contribution is 5.69. The number of esters is 1. The number of allylic oxidation sites excluding steroid dienone is 4. The minimum absolute atomic E-state index is 0.119. The second kappa shape index (κ2) is 7.36. The lowest BCUT2D eigenvalue weighted by Crippen LogP contribution is -2.02. The standard InChI is InChI=1S/C12H20O2/c1-5-14-12(13)9-7-6-8-11(4)10(2)3/h6,8H,5,7,9H2,1-4H3. The van der Waals surface area contributed by atoms with Crippen LogP contribution in [0.4, 0.5) is 0 Å². The minimum atomic E-state index is -0.119. The van der Waals surface area contributed by atoms with Crippen molar-refractivity contribution in [1.82, 2.24) is 0 Å². The van der Waals surface area contributed by atoms with Crippen molar-refractivity contribution in [2.24, 2.45) is 0 Å². The summed E-state index contributed by atoms with van der Waals surface area (Å²) in [6.07, 6.45) is 5.29. The average Bonchev–Trinajstić information content (AvgIpc) is 2.12. The molecule has 0 bridgehead atoms. The third kappa shape index (κ3) is 6.46. The molecular weight excluding hydrogens is 176 g/mol. The Hall–Kier alpha value is -1.05. The van der Waals surface area contributed by atoms with Gasteiger partial charge in [0.2, 0.25) is 0 Å². The molecule has 0 rings (SSSR count). The van der Waals surface area contributed by atoms with E-state index in [2.05, 4.69) is 26.8 Å². The van der Waals surface area contributed by atoms with Gasteiger partial charge in [-0.2, -0.15) is 0 Å². The van der Waals surface area contributed by atoms with Crippen molar-refractivity contribution < 1.29 is 9.53 Å². The molecule has 0 aliphatic carbocycles. The second-order valence-electron chi connectivity index (χ2n) is 3.43. The zero-order valence-electron chi connectivity index (χ0n) is 9.59. The second-order valence-corrected chi connectivity index (χ2v) is 3.43. The van der Waals surface area contributed by atoms with Crippen molar-refractivity contribution in [1.29, 1.82) is 0 Å². The van der Waals surface area contributed by atoms with Gasteiger partial charge in [-0.15, -0.1) is 0 Å². The van der Waals surface area contributed by atoms with Crippen LogP contribution in [0.5, 0.6) is 0 Å². The quantitative estimate of drug-likeness (QED) is 0.498. The summed E-state index contributed by atoms with van der Waals surface area (Å²) < 4.78 is 4.81. The Morgan fingerprint density at radius 1 is 1.29 bits per heavy atom. The first-order chi connectivity index (χ1) is 6.57. The van der Waals surface area contributed by atoms with Crippen LogP contribution in [0.3, 0.4) is 0 Å². The maximum Gasteiger partial charge on any atom is 0.306 e. The van der Waals surface area contributed by atoms with Gasteiger partial charge in [-0.25, -0.2) is 0 Å². The summed E-state index contributed by atoms with van der Waals surface area (Å²) >= 11 is 0. The van der Waals surface area contributed by atoms with E-state index in [-0.39, 0.29) is 5.97 Å². The Balaban J connectivity index is 3.74. The van der Waals surface area contributed by atoms with Gasteiger partial charge < -0.3 is 4.74 Å². The molecule has 80 valence electrons. The van der Waals surface area contributed by atoms with E-state index in [0.29, 0.717) is 13.0 Å². The Bertz CT molecular complexity index is 233. The maximum absolute atomic E-state index is 11.0. The van der Waals surface area contributed by atoms with Crippen molar-refractivity contribution in [3.8, 4) is 0 Å². The van der Waals surface area contributed by atoms with E-state index >= 15 is 0 Å². The zero-order chi connectivity index (χ0) is 11.0. The summed E-state index contributed by atoms with van der Waals surface area (Å²) in [4.78, 5) is 11.0. The molecule has 0 aromatic heterocycles. The van der Waals surface area contributed by atoms with Crippen LogP contribution in [0.15, 0.2) is 23.3 Å². The van der Waals surface area contributed by atoms with Gasteiger partial charge in [-0.3, -0.25) is 4.79 Å². The molecule has 2 nitrogen and oxygen atoms in total. The highest BCUT2D eigenvalue weighted by Gasteiger charge is 1.97. The summed E-state index contributed by atoms with van der Waals surface area (Å²) in [6.45, 7) is 8.50. The van der Waals surface area contributed by atoms with Gasteiger partial charge in [0.05, 0.1) is 6.61 Å². The van der Waals surface area contributed by atoms with Crippen LogP contribution >= 0.6 is 0 Å². The number of ether oxygens (including phenoxy) is 1. The average molecular weight is 196 g/mol. The molecule has 0 saturated carbocycles. The van der Waals surface area contributed by atoms with Gasteiger partial charge >= 0.3 is 5.97 Å². The summed E-state index contributed by atoms with van der Waals surface area (Å²) in [6, 6.07) is 0. The molecule has 0 aromatic carbocycles. The molecule has 0 atom stereocenters. The number of hydrogen-bond acceptors (Lipinski definition) is 2. The first kappa shape index (κ1) is 12.9. The molecule has 0 aliphatic rings. The molecule has 0 radical (unpaired) electrons. The molecule has 0 aromatic rings. The van der Waals surface area contributed by atoms with Gasteiger partial charge in [-0.1, -0.05) is 23.3 Å². The summed E-state index contributed by atoms with van der Waals surface area (Å²) in [5.41, 5.74) is 2.56. The van der Waals surface area contributed by atoms with Crippen molar-refractivity contribution in [3.05, 3.63) is 23.3 Å². The van der Waals surface area contributed by atoms with Crippen molar-refractivity contribution in [3.63, 3.8) is 0 Å². The van der Waals surface area contributed by atoms with E-state index in [0.717, 1.165) is 6.42 Å². The Labute approximate surface area is 86.6 Å². The molecule has 0 saturated heterocycles. The molecule has 0 fully saturated rings. The van der Waals surface area contributed by atoms with E-state index < -0.39 is 0 Å². The van der Waals surface area contributed by atoms with E-state index in [4.69, 9.17) is 4.74 Å². The Kier molecular flexibility index (Phi) is 6.81. The molecule has 2 heteroatoms. The lowest BCUT2D eigenvalue weighted by atomic mass is 10.1. The largest absolute Gasteiger partial charge is 0.466 e. The maximum atomic E-state index is 11.0. The van der Waals surface area contributed by atoms with Crippen molar-refractivity contribution >= 4 is 5.97 Å². The van der Waals surface area contributed by atoms with E-state index in [1.54, 1.807) is 0 Å². The van der Waals surface area contributed by atoms with E-state index in [1.165, 1.54) is 11.1 Å². The van der Waals surface area contributed by atoms with Crippen LogP contribution in [-0.4, -0.2) is 12.6 Å². The molecule has 0 N–H and O–H groups in total. The van der Waals surface area contributed by atoms with Crippen LogP contribution < -0.4 is 0 Å². The third-order valence-electron chi connectivity index (χ3n) is 1.98. The van der Waals surface area contributed by atoms with Crippen LogP contribution in [0, 0.1) is 0 Å². The Morgan fingerprint density at radius 2 is 1.93 bits per heavy atom. The molecule has 0 heterocycles. The first-order valence-electron chi connectivity index (χ1n) is 5.04. The van der Waals surface area contributed by atoms with Crippen LogP contribution in [0.1, 0.15) is 40.5 Å². The minimum Gasteiger partial charge on any atom is -0.466 e. The van der Waals surface area contributed by atoms with Gasteiger partial charge in [0.25, 0.3) is 0 Å². The number of rotatable bonds is 5. The van der Waals surface area contributed by atoms with Crippen LogP contribution in [0.2, 0.25) is 0 Å². The lowest BCUT2D eigenvalue weighted by molar-refractivity contribution is -0.142. The number of carbonyl (C=O) groups is 1. The molecule has 0 aliphatic heterocycles. The monoisotopic (exact) mass is 196 g/mol. The normalized spacial score (nSPS) is 10.3. The molecule has 0 amide bonds. The SMILES string of the molecule is CCOC(=O)CCC=CC(C)=C(C)C. The number of hydrogen-bond donors (Lipinski definition) is 0. The fourth-order valence-electron chi connectivity index (χ4n) is 0.861. The topological polar surface area (TPSA) is 26.3 Å². The van der Waals surface area contributed by atoms with Crippen LogP contribution in [0.25, 0.3) is 0 Å². The smallest absolute Gasteiger partial charge is 0.306 e. The Morgan fingerprint density at radius 3 is 2.43 bits per heavy atom. The fourth-order valence-corrected chi connectivity index (χ4v) is 0.861. The zero-order valence-corrected chi connectivity index (χ0v) is 9.59. The van der Waals surface area contributed by atoms with Crippen molar-refractivity contribution in [2.75, 3.05) is 6.61 Å². The van der Waals surface area contributed by atoms with E-state index in [9.17, 15) is 4.79 Å². The molecular formula is C12H20O2. The fraction of sp³-hybridized carbons (Fsp3) is 0.583. The van der Waals surface area contributed by atoms with Crippen LogP contribution in [-0.2, 0) is 9.53 Å². The van der Waals surface area contributed by atoms with Gasteiger partial charge in [0.15, 0.2) is 0 Å². The third-order valence-corrected chi connectivity index (χ3v) is 1.98. The summed E-state index contributed by atoms with van der Waals surface area (Å²) in [7, 11) is 0. The highest BCUT2D eigenvalue weighted by Crippen LogP contribution is 2.04. The lowest BCUT2D eigenvalue weighted by Gasteiger charge is -1.98. The highest BCUT2D eigenvalue weighted by atomic mass is 16.5. The van der Waals surface area contributed by atoms with Gasteiger partial charge in [-0.05, 0) is 34.1 Å². The van der Waals surface area contributed by atoms with Gasteiger partial charge in [0, 0.05) is 6.42 Å². The summed E-state index contributed by atoms with van der Waals surface area (Å²) in [5.74, 6) is -0.119. The van der Waals surface area contributed by atoms with Gasteiger partial charge in [0.1, 0.15) is 0 Å². The predicted molar refractivity (Wildman–Crippen MR) is 59.1 cm³/mol.